The van der Waals surface area contributed by atoms with Crippen LogP contribution in [0.5, 0.6) is 0 Å². The van der Waals surface area contributed by atoms with Crippen molar-refractivity contribution in [3.05, 3.63) is 35.1 Å². The molecule has 3 atom stereocenters. The Labute approximate surface area is 158 Å². The lowest BCUT2D eigenvalue weighted by Gasteiger charge is -2.46. The number of hydrogen-bond donors (Lipinski definition) is 1. The second-order valence-electron chi connectivity index (χ2n) is 7.95. The van der Waals surface area contributed by atoms with Gasteiger partial charge in [-0.25, -0.2) is 9.18 Å². The van der Waals surface area contributed by atoms with Crippen molar-refractivity contribution in [1.82, 2.24) is 14.7 Å². The molecule has 1 N–H and O–H groups in total. The molecule has 3 heterocycles. The third kappa shape index (κ3) is 3.40. The summed E-state index contributed by atoms with van der Waals surface area (Å²) in [7, 11) is 0. The molecule has 0 radical (unpaired) electrons. The third-order valence-electron chi connectivity index (χ3n) is 6.45. The van der Waals surface area contributed by atoms with Crippen molar-refractivity contribution < 1.29 is 19.1 Å². The van der Waals surface area contributed by atoms with E-state index in [4.69, 9.17) is 0 Å². The van der Waals surface area contributed by atoms with Crippen molar-refractivity contribution in [1.29, 1.82) is 0 Å². The van der Waals surface area contributed by atoms with Gasteiger partial charge in [-0.15, -0.1) is 0 Å². The second-order valence-corrected chi connectivity index (χ2v) is 7.95. The largest absolute Gasteiger partial charge is 0.465 e. The smallest absolute Gasteiger partial charge is 0.407 e. The Bertz CT molecular complexity index is 756. The molecule has 1 aromatic rings. The molecular weight excluding hydrogens is 349 g/mol. The van der Waals surface area contributed by atoms with E-state index < -0.39 is 6.09 Å². The van der Waals surface area contributed by atoms with Crippen molar-refractivity contribution in [2.24, 2.45) is 0 Å². The lowest BCUT2D eigenvalue weighted by molar-refractivity contribution is -0.131. The zero-order chi connectivity index (χ0) is 19.1. The number of piperidine rings is 1. The minimum absolute atomic E-state index is 0.259. The molecule has 146 valence electrons. The number of benzene rings is 1. The zero-order valence-electron chi connectivity index (χ0n) is 15.6. The highest BCUT2D eigenvalue weighted by molar-refractivity contribution is 5.79. The van der Waals surface area contributed by atoms with Crippen LogP contribution in [0.15, 0.2) is 18.2 Å². The number of hydrogen-bond acceptors (Lipinski definition) is 3. The van der Waals surface area contributed by atoms with Crippen LogP contribution in [0.2, 0.25) is 0 Å². The average Bonchev–Trinajstić information content (AvgIpc) is 3.01. The summed E-state index contributed by atoms with van der Waals surface area (Å²) < 4.78 is 13.5. The van der Waals surface area contributed by atoms with E-state index >= 15 is 0 Å². The Morgan fingerprint density at radius 3 is 2.74 bits per heavy atom. The molecule has 3 fully saturated rings. The van der Waals surface area contributed by atoms with Gasteiger partial charge in [-0.2, -0.15) is 0 Å². The van der Waals surface area contributed by atoms with E-state index in [1.54, 1.807) is 6.07 Å². The average molecular weight is 375 g/mol. The molecule has 0 unspecified atom stereocenters. The Hall–Kier alpha value is -2.15. The summed E-state index contributed by atoms with van der Waals surface area (Å²) >= 11 is 0. The van der Waals surface area contributed by atoms with Gasteiger partial charge < -0.3 is 14.9 Å². The highest BCUT2D eigenvalue weighted by atomic mass is 19.1. The number of rotatable bonds is 2. The van der Waals surface area contributed by atoms with Crippen LogP contribution in [0, 0.1) is 12.7 Å². The van der Waals surface area contributed by atoms with Crippen molar-refractivity contribution in [2.45, 2.75) is 50.7 Å². The van der Waals surface area contributed by atoms with Gasteiger partial charge in [0.25, 0.3) is 0 Å². The van der Waals surface area contributed by atoms with Gasteiger partial charge in [-0.3, -0.25) is 9.69 Å². The molecule has 1 aromatic carbocycles. The minimum Gasteiger partial charge on any atom is -0.465 e. The number of aryl methyl sites for hydroxylation is 1. The number of carboxylic acid groups (broad SMARTS) is 1. The number of fused-ring (bicyclic) bond motifs is 1. The number of carbonyl (C=O) groups excluding carboxylic acids is 1. The normalized spacial score (nSPS) is 29.1. The summed E-state index contributed by atoms with van der Waals surface area (Å²) in [5.74, 6) is -0.0346. The van der Waals surface area contributed by atoms with Gasteiger partial charge in [0.1, 0.15) is 5.82 Å². The molecule has 4 rings (SSSR count). The predicted molar refractivity (Wildman–Crippen MR) is 97.9 cm³/mol. The third-order valence-corrected chi connectivity index (χ3v) is 6.45. The summed E-state index contributed by atoms with van der Waals surface area (Å²) in [6.45, 7) is 4.80. The Morgan fingerprint density at radius 1 is 1.19 bits per heavy atom. The van der Waals surface area contributed by atoms with E-state index in [0.717, 1.165) is 43.6 Å². The van der Waals surface area contributed by atoms with E-state index in [0.29, 0.717) is 25.4 Å². The topological polar surface area (TPSA) is 64.1 Å². The highest BCUT2D eigenvalue weighted by Gasteiger charge is 2.41. The first kappa shape index (κ1) is 18.2. The van der Waals surface area contributed by atoms with Crippen LogP contribution >= 0.6 is 0 Å². The predicted octanol–water partition coefficient (Wildman–Crippen LogP) is 2.62. The molecule has 7 heteroatoms. The number of piperazine rings is 1. The van der Waals surface area contributed by atoms with Crippen LogP contribution < -0.4 is 0 Å². The van der Waals surface area contributed by atoms with E-state index in [-0.39, 0.29) is 23.8 Å². The highest BCUT2D eigenvalue weighted by Crippen LogP contribution is 2.36. The van der Waals surface area contributed by atoms with E-state index in [1.165, 1.54) is 17.0 Å². The van der Waals surface area contributed by atoms with Crippen molar-refractivity contribution >= 4 is 12.0 Å². The molecule has 2 amide bonds. The zero-order valence-corrected chi connectivity index (χ0v) is 15.6. The summed E-state index contributed by atoms with van der Waals surface area (Å²) in [5, 5.41) is 9.66. The van der Waals surface area contributed by atoms with Crippen LogP contribution in [0.1, 0.15) is 42.9 Å². The summed E-state index contributed by atoms with van der Waals surface area (Å²) in [5.41, 5.74) is 1.68. The maximum absolute atomic E-state index is 13.5. The van der Waals surface area contributed by atoms with Gasteiger partial charge in [-0.1, -0.05) is 6.07 Å². The first-order valence-electron chi connectivity index (χ1n) is 9.73. The van der Waals surface area contributed by atoms with E-state index in [2.05, 4.69) is 4.90 Å². The molecule has 0 aromatic heterocycles. The number of halogens is 1. The van der Waals surface area contributed by atoms with Crippen molar-refractivity contribution in [3.63, 3.8) is 0 Å². The molecule has 3 aliphatic rings. The first-order chi connectivity index (χ1) is 12.9. The van der Waals surface area contributed by atoms with Gasteiger partial charge in [0, 0.05) is 44.7 Å². The van der Waals surface area contributed by atoms with Crippen LogP contribution in [0.25, 0.3) is 0 Å². The standard InChI is InChI=1S/C20H26FN3O3/c1-13-10-14(21)2-4-17(13)18-11-15(6-7-24(18)20(26)27)22-8-9-23-16(12-22)3-5-19(23)25/h2,4,10,15-16,18H,3,5-9,11-12H2,1H3,(H,26,27)/t15-,16+,18-/m1/s1. The van der Waals surface area contributed by atoms with Crippen molar-refractivity contribution in [2.75, 3.05) is 26.2 Å². The molecule has 0 aliphatic carbocycles. The van der Waals surface area contributed by atoms with Crippen LogP contribution in [0.4, 0.5) is 9.18 Å². The van der Waals surface area contributed by atoms with Crippen LogP contribution in [0.3, 0.4) is 0 Å². The summed E-state index contributed by atoms with van der Waals surface area (Å²) in [6, 6.07) is 4.94. The fourth-order valence-electron chi connectivity index (χ4n) is 5.04. The molecule has 3 aliphatic heterocycles. The number of nitrogens with zero attached hydrogens (tertiary/aromatic N) is 3. The lowest BCUT2D eigenvalue weighted by atomic mass is 9.88. The molecule has 3 saturated heterocycles. The molecular formula is C20H26FN3O3. The van der Waals surface area contributed by atoms with Gasteiger partial charge in [-0.05, 0) is 49.4 Å². The maximum atomic E-state index is 13.5. The Morgan fingerprint density at radius 2 is 2.00 bits per heavy atom. The lowest BCUT2D eigenvalue weighted by Crippen LogP contribution is -2.57. The second kappa shape index (κ2) is 7.11. The summed E-state index contributed by atoms with van der Waals surface area (Å²) in [6.07, 6.45) is 2.15. The van der Waals surface area contributed by atoms with Gasteiger partial charge >= 0.3 is 6.09 Å². The van der Waals surface area contributed by atoms with Crippen LogP contribution in [-0.4, -0.2) is 70.1 Å². The number of likely N-dealkylation sites (tertiary alicyclic amines) is 1. The molecule has 0 bridgehead atoms. The van der Waals surface area contributed by atoms with E-state index in [9.17, 15) is 19.1 Å². The Kier molecular flexibility index (Phi) is 4.80. The number of amides is 2. The maximum Gasteiger partial charge on any atom is 0.407 e. The monoisotopic (exact) mass is 375 g/mol. The summed E-state index contributed by atoms with van der Waals surface area (Å²) in [4.78, 5) is 29.6. The quantitative estimate of drug-likeness (QED) is 0.863. The molecule has 6 nitrogen and oxygen atoms in total. The minimum atomic E-state index is -0.923. The number of carbonyl (C=O) groups is 2. The fourth-order valence-corrected chi connectivity index (χ4v) is 5.04. The van der Waals surface area contributed by atoms with Gasteiger partial charge in [0.15, 0.2) is 0 Å². The van der Waals surface area contributed by atoms with Gasteiger partial charge in [0.05, 0.1) is 6.04 Å². The van der Waals surface area contributed by atoms with Crippen LogP contribution in [-0.2, 0) is 4.79 Å². The first-order valence-corrected chi connectivity index (χ1v) is 9.73. The molecule has 0 saturated carbocycles. The molecule has 0 spiro atoms. The SMILES string of the molecule is Cc1cc(F)ccc1[C@H]1C[C@H](N2CCN3C(=O)CC[C@H]3C2)CCN1C(=O)O. The Balaban J connectivity index is 1.53. The van der Waals surface area contributed by atoms with Crippen molar-refractivity contribution in [3.8, 4) is 0 Å². The van der Waals surface area contributed by atoms with Gasteiger partial charge in [0.2, 0.25) is 5.91 Å². The fraction of sp³-hybridized carbons (Fsp3) is 0.600. The van der Waals surface area contributed by atoms with E-state index in [1.807, 2.05) is 11.8 Å². The molecule has 27 heavy (non-hydrogen) atoms.